The average molecular weight is 439 g/mol. The van der Waals surface area contributed by atoms with Gasteiger partial charge in [0.25, 0.3) is 0 Å². The van der Waals surface area contributed by atoms with Crippen molar-refractivity contribution in [3.8, 4) is 0 Å². The lowest BCUT2D eigenvalue weighted by Crippen LogP contribution is -2.07. The minimum atomic E-state index is 0.226. The van der Waals surface area contributed by atoms with Crippen molar-refractivity contribution in [2.24, 2.45) is 9.98 Å². The first-order valence-corrected chi connectivity index (χ1v) is 12.2. The van der Waals surface area contributed by atoms with E-state index in [1.807, 2.05) is 18.2 Å². The number of isocyanates is 2. The van der Waals surface area contributed by atoms with Crippen molar-refractivity contribution in [1.29, 1.82) is 0 Å². The van der Waals surface area contributed by atoms with E-state index in [4.69, 9.17) is 0 Å². The lowest BCUT2D eigenvalue weighted by atomic mass is 9.84. The Bertz CT molecular complexity index is 1260. The molecule has 0 amide bonds. The number of aliphatic imine (C=N–C) groups is 2. The summed E-state index contributed by atoms with van der Waals surface area (Å²) in [7, 11) is 0. The van der Waals surface area contributed by atoms with Crippen molar-refractivity contribution in [3.05, 3.63) is 68.8 Å². The van der Waals surface area contributed by atoms with E-state index in [9.17, 15) is 9.59 Å². The Morgan fingerprint density at radius 3 is 2.33 bits per heavy atom. The first kappa shape index (κ1) is 21.8. The quantitative estimate of drug-likeness (QED) is 0.300. The first-order chi connectivity index (χ1) is 16.1. The van der Waals surface area contributed by atoms with E-state index >= 15 is 0 Å². The van der Waals surface area contributed by atoms with Gasteiger partial charge in [0.1, 0.15) is 0 Å². The van der Waals surface area contributed by atoms with Gasteiger partial charge in [0.2, 0.25) is 12.2 Å². The molecule has 0 N–H and O–H groups in total. The number of fused-ring (bicyclic) bond motifs is 3. The Labute approximate surface area is 195 Å². The highest BCUT2D eigenvalue weighted by Crippen LogP contribution is 2.51. The lowest BCUT2D eigenvalue weighted by Gasteiger charge is -2.22. The lowest BCUT2D eigenvalue weighted by molar-refractivity contribution is 0.564. The van der Waals surface area contributed by atoms with Gasteiger partial charge < -0.3 is 0 Å². The molecule has 4 heteroatoms. The zero-order valence-corrected chi connectivity index (χ0v) is 19.6. The minimum Gasteiger partial charge on any atom is -0.211 e. The van der Waals surface area contributed by atoms with Crippen LogP contribution < -0.4 is 0 Å². The van der Waals surface area contributed by atoms with Crippen LogP contribution in [-0.2, 0) is 54.5 Å². The number of hydrogen-bond acceptors (Lipinski definition) is 4. The Morgan fingerprint density at radius 1 is 0.939 bits per heavy atom. The predicted molar refractivity (Wildman–Crippen MR) is 131 cm³/mol. The second-order valence-electron chi connectivity index (χ2n) is 9.97. The predicted octanol–water partition coefficient (Wildman–Crippen LogP) is 6.33. The summed E-state index contributed by atoms with van der Waals surface area (Å²) in [4.78, 5) is 31.4. The third-order valence-electron chi connectivity index (χ3n) is 7.92. The van der Waals surface area contributed by atoms with Crippen molar-refractivity contribution in [2.75, 3.05) is 0 Å². The van der Waals surface area contributed by atoms with Gasteiger partial charge in [0.05, 0.1) is 11.4 Å². The van der Waals surface area contributed by atoms with E-state index < -0.39 is 0 Å². The molecule has 5 rings (SSSR count). The molecule has 3 aliphatic carbocycles. The summed E-state index contributed by atoms with van der Waals surface area (Å²) in [6, 6.07) is 2.27. The largest absolute Gasteiger partial charge is 0.240 e. The summed E-state index contributed by atoms with van der Waals surface area (Å²) in [6.45, 7) is 8.34. The number of carbonyl (C=O) groups excluding carboxylic acids is 2. The molecule has 0 aromatic heterocycles. The van der Waals surface area contributed by atoms with Crippen molar-refractivity contribution in [3.63, 3.8) is 0 Å². The maximum absolute atomic E-state index is 11.5. The van der Waals surface area contributed by atoms with Gasteiger partial charge in [-0.25, -0.2) is 9.59 Å². The Kier molecular flexibility index (Phi) is 5.74. The highest BCUT2D eigenvalue weighted by molar-refractivity contribution is 5.72. The van der Waals surface area contributed by atoms with Crippen LogP contribution >= 0.6 is 0 Å². The normalized spacial score (nSPS) is 17.8. The van der Waals surface area contributed by atoms with Gasteiger partial charge in [0.15, 0.2) is 0 Å². The van der Waals surface area contributed by atoms with Crippen molar-refractivity contribution in [2.45, 2.75) is 83.5 Å². The number of rotatable bonds is 6. The topological polar surface area (TPSA) is 58.9 Å². The fourth-order valence-corrected chi connectivity index (χ4v) is 6.67. The highest BCUT2D eigenvalue weighted by Gasteiger charge is 2.36. The summed E-state index contributed by atoms with van der Waals surface area (Å²) in [6.07, 6.45) is 14.6. The van der Waals surface area contributed by atoms with Gasteiger partial charge in [-0.3, -0.25) is 0 Å². The molecule has 2 aromatic carbocycles. The average Bonchev–Trinajstić information content (AvgIpc) is 3.54. The highest BCUT2D eigenvalue weighted by atomic mass is 16.1. The molecule has 0 aliphatic heterocycles. The summed E-state index contributed by atoms with van der Waals surface area (Å²) >= 11 is 0. The molecule has 168 valence electrons. The zero-order chi connectivity index (χ0) is 23.1. The van der Waals surface area contributed by atoms with E-state index in [0.717, 1.165) is 74.7 Å². The maximum atomic E-state index is 11.5. The third-order valence-corrected chi connectivity index (χ3v) is 7.92. The Balaban J connectivity index is 1.73. The molecule has 0 saturated carbocycles. The van der Waals surface area contributed by atoms with Crippen molar-refractivity contribution < 1.29 is 9.59 Å². The fourth-order valence-electron chi connectivity index (χ4n) is 6.67. The van der Waals surface area contributed by atoms with Crippen molar-refractivity contribution >= 4 is 23.5 Å². The summed E-state index contributed by atoms with van der Waals surface area (Å²) in [5, 5.41) is 0. The standard InChI is InChI=1S/C29H30N2O2/c1-4-7-21-22-10-6-11-23(22)28(30-15-32)26-14-19(13-25(21)26)27-20-9-5-8-18(20)12-24(17(2)3)29(27)31-16-33/h4,12,17,19H,1,5-11,13-14H2,2-3H3. The van der Waals surface area contributed by atoms with Crippen LogP contribution in [0, 0.1) is 0 Å². The van der Waals surface area contributed by atoms with Gasteiger partial charge in [-0.2, -0.15) is 9.98 Å². The number of allylic oxidation sites excluding steroid dienone is 1. The number of nitrogens with zero attached hydrogens (tertiary/aromatic N) is 2. The van der Waals surface area contributed by atoms with Crippen LogP contribution in [0.2, 0.25) is 0 Å². The molecule has 1 unspecified atom stereocenters. The number of benzene rings is 2. The molecule has 0 heterocycles. The van der Waals surface area contributed by atoms with E-state index in [0.29, 0.717) is 0 Å². The monoisotopic (exact) mass is 438 g/mol. The van der Waals surface area contributed by atoms with Gasteiger partial charge in [-0.15, -0.1) is 6.58 Å². The van der Waals surface area contributed by atoms with Crippen molar-refractivity contribution in [1.82, 2.24) is 0 Å². The summed E-state index contributed by atoms with van der Waals surface area (Å²) in [5.41, 5.74) is 13.4. The van der Waals surface area contributed by atoms with Crippen LogP contribution in [0.15, 0.2) is 28.7 Å². The van der Waals surface area contributed by atoms with Crippen LogP contribution in [0.1, 0.15) is 88.6 Å². The van der Waals surface area contributed by atoms with Gasteiger partial charge in [-0.05, 0) is 120 Å². The van der Waals surface area contributed by atoms with Gasteiger partial charge in [-0.1, -0.05) is 26.0 Å². The zero-order valence-electron chi connectivity index (χ0n) is 19.6. The summed E-state index contributed by atoms with van der Waals surface area (Å²) < 4.78 is 0. The Hall–Kier alpha value is -3.06. The molecule has 0 saturated heterocycles. The number of aryl methyl sites for hydroxylation is 1. The maximum Gasteiger partial charge on any atom is 0.240 e. The Morgan fingerprint density at radius 2 is 1.61 bits per heavy atom. The molecule has 33 heavy (non-hydrogen) atoms. The molecule has 1 atom stereocenters. The fraction of sp³-hybridized carbons (Fsp3) is 0.448. The van der Waals surface area contributed by atoms with E-state index in [2.05, 4.69) is 36.5 Å². The molecule has 0 fully saturated rings. The van der Waals surface area contributed by atoms with Crippen LogP contribution in [0.5, 0.6) is 0 Å². The molecule has 0 bridgehead atoms. The molecular formula is C29H30N2O2. The van der Waals surface area contributed by atoms with E-state index in [1.54, 1.807) is 0 Å². The first-order valence-electron chi connectivity index (χ1n) is 12.2. The molecule has 0 spiro atoms. The second kappa shape index (κ2) is 8.71. The van der Waals surface area contributed by atoms with Crippen LogP contribution in [0.3, 0.4) is 0 Å². The smallest absolute Gasteiger partial charge is 0.211 e. The second-order valence-corrected chi connectivity index (χ2v) is 9.97. The number of hydrogen-bond donors (Lipinski definition) is 0. The molecule has 2 aromatic rings. The summed E-state index contributed by atoms with van der Waals surface area (Å²) in [5.74, 6) is 0.505. The van der Waals surface area contributed by atoms with Gasteiger partial charge in [0, 0.05) is 0 Å². The molecule has 4 nitrogen and oxygen atoms in total. The molecule has 3 aliphatic rings. The molecular weight excluding hydrogens is 408 g/mol. The van der Waals surface area contributed by atoms with E-state index in [-0.39, 0.29) is 11.8 Å². The SMILES string of the molecule is C=CCc1c2c(c(N=C=O)c3c1CC(c1c4c(cc(C(C)C)c1N=C=O)CCC4)C3)CCC2. The van der Waals surface area contributed by atoms with Gasteiger partial charge >= 0.3 is 0 Å². The minimum absolute atomic E-state index is 0.226. The molecule has 0 radical (unpaired) electrons. The van der Waals surface area contributed by atoms with E-state index in [1.165, 1.54) is 44.5 Å². The third kappa shape index (κ3) is 3.46. The van der Waals surface area contributed by atoms with Crippen LogP contribution in [0.4, 0.5) is 11.4 Å². The van der Waals surface area contributed by atoms with Crippen LogP contribution in [-0.4, -0.2) is 12.2 Å². The van der Waals surface area contributed by atoms with Crippen LogP contribution in [0.25, 0.3) is 0 Å².